The minimum absolute atomic E-state index is 0.00654. The Bertz CT molecular complexity index is 688. The Labute approximate surface area is 118 Å². The van der Waals surface area contributed by atoms with Gasteiger partial charge in [0.15, 0.2) is 0 Å². The lowest BCUT2D eigenvalue weighted by molar-refractivity contribution is -0.384. The van der Waals surface area contributed by atoms with Crippen molar-refractivity contribution in [2.24, 2.45) is 0 Å². The maximum Gasteiger partial charge on any atom is 0.288 e. The molecule has 0 aliphatic heterocycles. The highest BCUT2D eigenvalue weighted by molar-refractivity contribution is 6.36. The molecule has 2 aromatic carbocycles. The molecule has 0 saturated heterocycles. The highest BCUT2D eigenvalue weighted by Crippen LogP contribution is 2.28. The number of hydrogen-bond acceptors (Lipinski definition) is 4. The molecule has 0 fully saturated rings. The number of anilines is 1. The van der Waals surface area contributed by atoms with Gasteiger partial charge in [-0.25, -0.2) is 0 Å². The largest absolute Gasteiger partial charge is 0.508 e. The Hall–Kier alpha value is -2.60. The van der Waals surface area contributed by atoms with Crippen LogP contribution in [0.15, 0.2) is 42.5 Å². The molecule has 7 heteroatoms. The molecule has 0 aliphatic carbocycles. The van der Waals surface area contributed by atoms with Gasteiger partial charge in [-0.2, -0.15) is 0 Å². The van der Waals surface area contributed by atoms with Crippen molar-refractivity contribution in [3.63, 3.8) is 0 Å². The predicted octanol–water partition coefficient (Wildman–Crippen LogP) is 3.21. The summed E-state index contributed by atoms with van der Waals surface area (Å²) in [4.78, 5) is 22.1. The lowest BCUT2D eigenvalue weighted by Crippen LogP contribution is -2.12. The number of nitro benzene ring substituents is 1. The molecule has 0 bridgehead atoms. The second-order valence-electron chi connectivity index (χ2n) is 3.90. The molecule has 0 aliphatic rings. The second-order valence-corrected chi connectivity index (χ2v) is 4.28. The van der Waals surface area contributed by atoms with Crippen LogP contribution in [0.25, 0.3) is 0 Å². The lowest BCUT2D eigenvalue weighted by atomic mass is 10.2. The van der Waals surface area contributed by atoms with Gasteiger partial charge >= 0.3 is 0 Å². The fourth-order valence-electron chi connectivity index (χ4n) is 1.62. The van der Waals surface area contributed by atoms with Crippen molar-refractivity contribution in [1.29, 1.82) is 0 Å². The molecule has 2 rings (SSSR count). The number of rotatable bonds is 3. The number of aromatic hydroxyl groups is 1. The van der Waals surface area contributed by atoms with E-state index < -0.39 is 10.8 Å². The van der Waals surface area contributed by atoms with Crippen molar-refractivity contribution in [3.8, 4) is 5.75 Å². The van der Waals surface area contributed by atoms with E-state index >= 15 is 0 Å². The summed E-state index contributed by atoms with van der Waals surface area (Å²) in [6.07, 6.45) is 0. The number of carbonyl (C=O) groups excluding carboxylic acids is 1. The summed E-state index contributed by atoms with van der Waals surface area (Å²) in [5, 5.41) is 22.3. The van der Waals surface area contributed by atoms with E-state index in [9.17, 15) is 20.0 Å². The van der Waals surface area contributed by atoms with Crippen LogP contribution in [-0.4, -0.2) is 15.9 Å². The van der Waals surface area contributed by atoms with Gasteiger partial charge in [-0.15, -0.1) is 0 Å². The van der Waals surface area contributed by atoms with Crippen LogP contribution in [-0.2, 0) is 0 Å². The number of nitro groups is 1. The number of phenols is 1. The molecule has 0 atom stereocenters. The molecule has 0 unspecified atom stereocenters. The molecule has 0 aromatic heterocycles. The average molecular weight is 293 g/mol. The SMILES string of the molecule is O=C(Nc1cccc(O)c1)c1cccc([N+](=O)[O-])c1Cl. The number of hydrogen-bond donors (Lipinski definition) is 2. The fourth-order valence-corrected chi connectivity index (χ4v) is 1.90. The van der Waals surface area contributed by atoms with E-state index in [0.29, 0.717) is 5.69 Å². The summed E-state index contributed by atoms with van der Waals surface area (Å²) in [5.74, 6) is -0.600. The van der Waals surface area contributed by atoms with E-state index in [1.54, 1.807) is 12.1 Å². The van der Waals surface area contributed by atoms with Crippen LogP contribution < -0.4 is 5.32 Å². The number of carbonyl (C=O) groups is 1. The monoisotopic (exact) mass is 292 g/mol. The molecule has 2 aromatic rings. The number of phenolic OH excluding ortho intramolecular Hbond substituents is 1. The van der Waals surface area contributed by atoms with Crippen LogP contribution in [0, 0.1) is 10.1 Å². The van der Waals surface area contributed by atoms with Crippen molar-refractivity contribution < 1.29 is 14.8 Å². The standard InChI is InChI=1S/C13H9ClN2O4/c14-12-10(5-2-6-11(12)16(19)20)13(18)15-8-3-1-4-9(17)7-8/h1-7,17H,(H,15,18). The second kappa shape index (κ2) is 5.58. The van der Waals surface area contributed by atoms with Crippen molar-refractivity contribution >= 4 is 28.9 Å². The van der Waals surface area contributed by atoms with Gasteiger partial charge in [0.2, 0.25) is 0 Å². The van der Waals surface area contributed by atoms with Crippen LogP contribution in [0.3, 0.4) is 0 Å². The molecule has 0 spiro atoms. The maximum atomic E-state index is 12.0. The quantitative estimate of drug-likeness (QED) is 0.671. The first-order valence-electron chi connectivity index (χ1n) is 5.52. The van der Waals surface area contributed by atoms with E-state index in [-0.39, 0.29) is 22.0 Å². The molecular weight excluding hydrogens is 284 g/mol. The number of halogens is 1. The third-order valence-corrected chi connectivity index (χ3v) is 2.92. The summed E-state index contributed by atoms with van der Waals surface area (Å²) >= 11 is 5.84. The minimum Gasteiger partial charge on any atom is -0.508 e. The van der Waals surface area contributed by atoms with Crippen molar-refractivity contribution in [3.05, 3.63) is 63.2 Å². The molecular formula is C13H9ClN2O4. The molecule has 0 radical (unpaired) electrons. The molecule has 6 nitrogen and oxygen atoms in total. The zero-order valence-corrected chi connectivity index (χ0v) is 10.8. The summed E-state index contributed by atoms with van der Waals surface area (Å²) in [7, 11) is 0. The van der Waals surface area contributed by atoms with E-state index in [1.165, 1.54) is 30.3 Å². The van der Waals surface area contributed by atoms with Gasteiger partial charge in [0.25, 0.3) is 11.6 Å². The first-order valence-corrected chi connectivity index (χ1v) is 5.90. The van der Waals surface area contributed by atoms with Gasteiger partial charge in [0.1, 0.15) is 10.8 Å². The third-order valence-electron chi connectivity index (χ3n) is 2.52. The summed E-state index contributed by atoms with van der Waals surface area (Å²) < 4.78 is 0. The first kappa shape index (κ1) is 13.8. The van der Waals surface area contributed by atoms with E-state index in [0.717, 1.165) is 0 Å². The van der Waals surface area contributed by atoms with Crippen molar-refractivity contribution in [1.82, 2.24) is 0 Å². The van der Waals surface area contributed by atoms with Gasteiger partial charge in [0.05, 0.1) is 10.5 Å². The zero-order valence-electron chi connectivity index (χ0n) is 10.0. The Balaban J connectivity index is 2.30. The Morgan fingerprint density at radius 2 is 1.95 bits per heavy atom. The normalized spacial score (nSPS) is 10.1. The van der Waals surface area contributed by atoms with Gasteiger partial charge in [-0.1, -0.05) is 23.7 Å². The molecule has 20 heavy (non-hydrogen) atoms. The van der Waals surface area contributed by atoms with E-state index in [2.05, 4.69) is 5.32 Å². The zero-order chi connectivity index (χ0) is 14.7. The van der Waals surface area contributed by atoms with Gasteiger partial charge in [-0.3, -0.25) is 14.9 Å². The topological polar surface area (TPSA) is 92.5 Å². The third kappa shape index (κ3) is 2.86. The Morgan fingerprint density at radius 3 is 2.60 bits per heavy atom. The first-order chi connectivity index (χ1) is 9.49. The van der Waals surface area contributed by atoms with Gasteiger partial charge < -0.3 is 10.4 Å². The molecule has 0 saturated carbocycles. The summed E-state index contributed by atoms with van der Waals surface area (Å²) in [6, 6.07) is 9.91. The van der Waals surface area contributed by atoms with Crippen LogP contribution in [0.1, 0.15) is 10.4 Å². The van der Waals surface area contributed by atoms with E-state index in [4.69, 9.17) is 11.6 Å². The molecule has 102 valence electrons. The number of amides is 1. The number of nitrogens with one attached hydrogen (secondary N) is 1. The van der Waals surface area contributed by atoms with Crippen molar-refractivity contribution in [2.75, 3.05) is 5.32 Å². The molecule has 0 heterocycles. The molecule has 2 N–H and O–H groups in total. The van der Waals surface area contributed by atoms with Crippen LogP contribution in [0.2, 0.25) is 5.02 Å². The van der Waals surface area contributed by atoms with Gasteiger partial charge in [0, 0.05) is 17.8 Å². The highest BCUT2D eigenvalue weighted by Gasteiger charge is 2.19. The van der Waals surface area contributed by atoms with E-state index in [1.807, 2.05) is 0 Å². The van der Waals surface area contributed by atoms with Crippen LogP contribution in [0.4, 0.5) is 11.4 Å². The highest BCUT2D eigenvalue weighted by atomic mass is 35.5. The Morgan fingerprint density at radius 1 is 1.25 bits per heavy atom. The number of nitrogens with zero attached hydrogens (tertiary/aromatic N) is 1. The predicted molar refractivity (Wildman–Crippen MR) is 74.2 cm³/mol. The number of benzene rings is 2. The summed E-state index contributed by atoms with van der Waals surface area (Å²) in [5.41, 5.74) is 0.0111. The maximum absolute atomic E-state index is 12.0. The fraction of sp³-hybridized carbons (Fsp3) is 0. The van der Waals surface area contributed by atoms with Gasteiger partial charge in [-0.05, 0) is 18.2 Å². The average Bonchev–Trinajstić information content (AvgIpc) is 2.38. The van der Waals surface area contributed by atoms with Crippen LogP contribution in [0.5, 0.6) is 5.75 Å². The Kier molecular flexibility index (Phi) is 3.86. The minimum atomic E-state index is -0.659. The van der Waals surface area contributed by atoms with Crippen LogP contribution >= 0.6 is 11.6 Å². The smallest absolute Gasteiger partial charge is 0.288 e. The van der Waals surface area contributed by atoms with Crippen molar-refractivity contribution in [2.45, 2.75) is 0 Å². The molecule has 1 amide bonds. The summed E-state index contributed by atoms with van der Waals surface area (Å²) in [6.45, 7) is 0. The lowest BCUT2D eigenvalue weighted by Gasteiger charge is -2.07.